The standard InChI is InChI=1S/C9H15N3O6S2/c1-19(15,16)2-3-20(17,18)12-8(9(13)14)4-7-5-10-6-11-7/h5-6,8,12H,2-4H2,1H3,(H,10,11)(H,13,14)/t8-/m1/s1. The van der Waals surface area contributed by atoms with Crippen LogP contribution in [0.2, 0.25) is 0 Å². The molecule has 3 N–H and O–H groups in total. The van der Waals surface area contributed by atoms with Crippen LogP contribution in [0.4, 0.5) is 0 Å². The number of aromatic nitrogens is 2. The summed E-state index contributed by atoms with van der Waals surface area (Å²) in [7, 11) is -7.45. The number of aromatic amines is 1. The van der Waals surface area contributed by atoms with Gasteiger partial charge in [0.2, 0.25) is 10.0 Å². The van der Waals surface area contributed by atoms with Crippen LogP contribution < -0.4 is 4.72 Å². The van der Waals surface area contributed by atoms with E-state index in [4.69, 9.17) is 5.11 Å². The molecule has 0 bridgehead atoms. The van der Waals surface area contributed by atoms with Crippen molar-refractivity contribution in [1.29, 1.82) is 0 Å². The fraction of sp³-hybridized carbons (Fsp3) is 0.556. The van der Waals surface area contributed by atoms with Gasteiger partial charge in [-0.3, -0.25) is 4.79 Å². The Hall–Kier alpha value is -1.46. The maximum Gasteiger partial charge on any atom is 0.322 e. The predicted molar refractivity (Wildman–Crippen MR) is 70.3 cm³/mol. The van der Waals surface area contributed by atoms with Crippen LogP contribution in [0.1, 0.15) is 5.69 Å². The zero-order valence-electron chi connectivity index (χ0n) is 10.6. The topological polar surface area (TPSA) is 146 Å². The predicted octanol–water partition coefficient (Wildman–Crippen LogP) is -1.63. The fourth-order valence-corrected chi connectivity index (χ4v) is 4.16. The van der Waals surface area contributed by atoms with Crippen LogP contribution in [-0.2, 0) is 31.1 Å². The first-order chi connectivity index (χ1) is 9.09. The minimum absolute atomic E-state index is 0.118. The second kappa shape index (κ2) is 6.33. The highest BCUT2D eigenvalue weighted by atomic mass is 32.2. The molecule has 1 aromatic heterocycles. The Bertz CT molecular complexity index is 650. The van der Waals surface area contributed by atoms with E-state index in [0.717, 1.165) is 6.26 Å². The van der Waals surface area contributed by atoms with E-state index in [1.165, 1.54) is 12.5 Å². The third kappa shape index (κ3) is 6.12. The van der Waals surface area contributed by atoms with E-state index in [9.17, 15) is 21.6 Å². The third-order valence-corrected chi connectivity index (χ3v) is 4.91. The van der Waals surface area contributed by atoms with Crippen molar-refractivity contribution in [2.75, 3.05) is 17.8 Å². The Morgan fingerprint density at radius 1 is 1.40 bits per heavy atom. The molecule has 0 aliphatic carbocycles. The van der Waals surface area contributed by atoms with Crippen LogP contribution in [0.5, 0.6) is 0 Å². The summed E-state index contributed by atoms with van der Waals surface area (Å²) < 4.78 is 47.1. The van der Waals surface area contributed by atoms with Crippen molar-refractivity contribution in [3.8, 4) is 0 Å². The van der Waals surface area contributed by atoms with E-state index in [2.05, 4.69) is 9.97 Å². The number of H-pyrrole nitrogens is 1. The van der Waals surface area contributed by atoms with Gasteiger partial charge in [-0.2, -0.15) is 0 Å². The zero-order chi connectivity index (χ0) is 15.4. The highest BCUT2D eigenvalue weighted by molar-refractivity contribution is 7.93. The molecule has 0 unspecified atom stereocenters. The molecule has 0 aromatic carbocycles. The van der Waals surface area contributed by atoms with Gasteiger partial charge in [-0.25, -0.2) is 26.5 Å². The highest BCUT2D eigenvalue weighted by Gasteiger charge is 2.25. The van der Waals surface area contributed by atoms with E-state index >= 15 is 0 Å². The maximum absolute atomic E-state index is 11.7. The van der Waals surface area contributed by atoms with Gasteiger partial charge < -0.3 is 10.1 Å². The van der Waals surface area contributed by atoms with E-state index in [-0.39, 0.29) is 6.42 Å². The molecule has 0 aliphatic rings. The minimum atomic E-state index is -4.01. The number of nitrogens with zero attached hydrogens (tertiary/aromatic N) is 1. The fourth-order valence-electron chi connectivity index (χ4n) is 1.33. The molecule has 0 aliphatic heterocycles. The number of carboxylic acid groups (broad SMARTS) is 1. The highest BCUT2D eigenvalue weighted by Crippen LogP contribution is 2.01. The van der Waals surface area contributed by atoms with Crippen molar-refractivity contribution in [2.24, 2.45) is 0 Å². The molecule has 114 valence electrons. The van der Waals surface area contributed by atoms with E-state index < -0.39 is 43.4 Å². The molecule has 1 heterocycles. The number of sulfone groups is 1. The Labute approximate surface area is 116 Å². The molecule has 1 atom stereocenters. The van der Waals surface area contributed by atoms with Crippen LogP contribution in [0.3, 0.4) is 0 Å². The van der Waals surface area contributed by atoms with Gasteiger partial charge in [-0.15, -0.1) is 0 Å². The lowest BCUT2D eigenvalue weighted by Crippen LogP contribution is -2.44. The van der Waals surface area contributed by atoms with Gasteiger partial charge in [-0.05, 0) is 0 Å². The minimum Gasteiger partial charge on any atom is -0.480 e. The zero-order valence-corrected chi connectivity index (χ0v) is 12.2. The first-order valence-electron chi connectivity index (χ1n) is 5.47. The Morgan fingerprint density at radius 2 is 2.05 bits per heavy atom. The molecule has 9 nitrogen and oxygen atoms in total. The molecule has 20 heavy (non-hydrogen) atoms. The Balaban J connectivity index is 2.72. The van der Waals surface area contributed by atoms with Crippen LogP contribution in [0.25, 0.3) is 0 Å². The van der Waals surface area contributed by atoms with Gasteiger partial charge in [0, 0.05) is 24.6 Å². The van der Waals surface area contributed by atoms with Crippen molar-refractivity contribution >= 4 is 25.8 Å². The van der Waals surface area contributed by atoms with Crippen molar-refractivity contribution in [3.63, 3.8) is 0 Å². The molecule has 1 rings (SSSR count). The van der Waals surface area contributed by atoms with Crippen LogP contribution >= 0.6 is 0 Å². The third-order valence-electron chi connectivity index (χ3n) is 2.32. The smallest absolute Gasteiger partial charge is 0.322 e. The van der Waals surface area contributed by atoms with Crippen molar-refractivity contribution in [2.45, 2.75) is 12.5 Å². The quantitative estimate of drug-likeness (QED) is 0.520. The van der Waals surface area contributed by atoms with E-state index in [1.807, 2.05) is 4.72 Å². The Morgan fingerprint density at radius 3 is 2.50 bits per heavy atom. The average molecular weight is 325 g/mol. The number of carbonyl (C=O) groups is 1. The van der Waals surface area contributed by atoms with Crippen molar-refractivity contribution in [1.82, 2.24) is 14.7 Å². The summed E-state index contributed by atoms with van der Waals surface area (Å²) in [5.74, 6) is -2.61. The number of hydrogen-bond acceptors (Lipinski definition) is 6. The number of carboxylic acids is 1. The van der Waals surface area contributed by atoms with Crippen molar-refractivity contribution in [3.05, 3.63) is 18.2 Å². The number of hydrogen-bond donors (Lipinski definition) is 3. The van der Waals surface area contributed by atoms with Gasteiger partial charge in [0.1, 0.15) is 15.9 Å². The first kappa shape index (κ1) is 16.6. The molecular weight excluding hydrogens is 310 g/mol. The number of imidazole rings is 1. The summed E-state index contributed by atoms with van der Waals surface area (Å²) in [6.07, 6.45) is 3.50. The molecule has 0 fully saturated rings. The lowest BCUT2D eigenvalue weighted by Gasteiger charge is -2.13. The monoisotopic (exact) mass is 325 g/mol. The lowest BCUT2D eigenvalue weighted by molar-refractivity contribution is -0.138. The molecule has 1 aromatic rings. The van der Waals surface area contributed by atoms with E-state index in [1.54, 1.807) is 0 Å². The Kier molecular flexibility index (Phi) is 5.25. The lowest BCUT2D eigenvalue weighted by atomic mass is 10.2. The van der Waals surface area contributed by atoms with Crippen LogP contribution in [0, 0.1) is 0 Å². The normalized spacial score (nSPS) is 14.1. The second-order valence-corrected chi connectivity index (χ2v) is 8.37. The van der Waals surface area contributed by atoms with Crippen LogP contribution in [-0.4, -0.2) is 61.7 Å². The number of aliphatic carboxylic acids is 1. The summed E-state index contributed by atoms with van der Waals surface area (Å²) >= 11 is 0. The SMILES string of the molecule is CS(=O)(=O)CCS(=O)(=O)N[C@H](Cc1cnc[nH]1)C(=O)O. The number of rotatable bonds is 8. The molecule has 0 amide bonds. The van der Waals surface area contributed by atoms with Gasteiger partial charge >= 0.3 is 5.97 Å². The average Bonchev–Trinajstić information content (AvgIpc) is 2.77. The van der Waals surface area contributed by atoms with Crippen LogP contribution in [0.15, 0.2) is 12.5 Å². The largest absolute Gasteiger partial charge is 0.480 e. The molecule has 0 spiro atoms. The van der Waals surface area contributed by atoms with Gasteiger partial charge in [0.05, 0.1) is 17.8 Å². The first-order valence-corrected chi connectivity index (χ1v) is 9.18. The summed E-state index contributed by atoms with van der Waals surface area (Å²) in [5, 5.41) is 8.98. The summed E-state index contributed by atoms with van der Waals surface area (Å²) in [6, 6.07) is -1.39. The van der Waals surface area contributed by atoms with Crippen molar-refractivity contribution < 1.29 is 26.7 Å². The summed E-state index contributed by atoms with van der Waals surface area (Å²) in [5.41, 5.74) is 0.447. The summed E-state index contributed by atoms with van der Waals surface area (Å²) in [4.78, 5) is 17.4. The molecule has 11 heteroatoms. The van der Waals surface area contributed by atoms with Gasteiger partial charge in [0.25, 0.3) is 0 Å². The molecular formula is C9H15N3O6S2. The molecule has 0 saturated heterocycles. The van der Waals surface area contributed by atoms with Gasteiger partial charge in [0.15, 0.2) is 0 Å². The van der Waals surface area contributed by atoms with Gasteiger partial charge in [-0.1, -0.05) is 0 Å². The number of nitrogens with one attached hydrogen (secondary N) is 2. The maximum atomic E-state index is 11.7. The molecule has 0 radical (unpaired) electrons. The van der Waals surface area contributed by atoms with E-state index in [0.29, 0.717) is 5.69 Å². The number of sulfonamides is 1. The summed E-state index contributed by atoms with van der Waals surface area (Å²) in [6.45, 7) is 0. The molecule has 0 saturated carbocycles. The second-order valence-electron chi connectivity index (χ2n) is 4.24.